The maximum absolute atomic E-state index is 11.9. The third kappa shape index (κ3) is 3.48. The number of fused-ring (bicyclic) bond motifs is 1. The van der Waals surface area contributed by atoms with E-state index in [4.69, 9.17) is 0 Å². The molecule has 0 fully saturated rings. The number of carbonyl (C=O) groups excluding carboxylic acids is 1. The number of amides is 1. The van der Waals surface area contributed by atoms with Crippen molar-refractivity contribution >= 4 is 16.8 Å². The number of pyridine rings is 1. The summed E-state index contributed by atoms with van der Waals surface area (Å²) in [6, 6.07) is 13.9. The van der Waals surface area contributed by atoms with Crippen LogP contribution in [0.15, 0.2) is 54.9 Å². The first-order valence-corrected chi connectivity index (χ1v) is 7.04. The topological polar surface area (TPSA) is 57.8 Å². The van der Waals surface area contributed by atoms with Crippen LogP contribution in [-0.2, 0) is 17.6 Å². The molecule has 0 aliphatic carbocycles. The van der Waals surface area contributed by atoms with Gasteiger partial charge < -0.3 is 10.3 Å². The van der Waals surface area contributed by atoms with Gasteiger partial charge in [-0.15, -0.1) is 0 Å². The van der Waals surface area contributed by atoms with Gasteiger partial charge in [0, 0.05) is 36.6 Å². The van der Waals surface area contributed by atoms with Gasteiger partial charge in [0.1, 0.15) is 0 Å². The molecule has 3 aromatic rings. The van der Waals surface area contributed by atoms with E-state index in [1.165, 1.54) is 0 Å². The number of aromatic amines is 1. The summed E-state index contributed by atoms with van der Waals surface area (Å²) in [4.78, 5) is 19.3. The summed E-state index contributed by atoms with van der Waals surface area (Å²) >= 11 is 0. The molecule has 2 heterocycles. The third-order valence-corrected chi connectivity index (χ3v) is 3.41. The molecule has 0 bridgehead atoms. The van der Waals surface area contributed by atoms with Gasteiger partial charge >= 0.3 is 0 Å². The lowest BCUT2D eigenvalue weighted by atomic mass is 10.1. The van der Waals surface area contributed by atoms with Gasteiger partial charge in [-0.2, -0.15) is 0 Å². The number of aromatic nitrogens is 2. The van der Waals surface area contributed by atoms with Gasteiger partial charge in [-0.25, -0.2) is 0 Å². The lowest BCUT2D eigenvalue weighted by Gasteiger charge is -2.05. The number of hydrogen-bond donors (Lipinski definition) is 2. The van der Waals surface area contributed by atoms with Crippen molar-refractivity contribution in [1.29, 1.82) is 0 Å². The molecule has 0 saturated heterocycles. The van der Waals surface area contributed by atoms with Gasteiger partial charge in [0.25, 0.3) is 0 Å². The first-order valence-electron chi connectivity index (χ1n) is 7.04. The quantitative estimate of drug-likeness (QED) is 0.753. The van der Waals surface area contributed by atoms with E-state index in [1.807, 2.05) is 48.7 Å². The average molecular weight is 279 g/mol. The number of benzene rings is 1. The van der Waals surface area contributed by atoms with Gasteiger partial charge in [0.15, 0.2) is 0 Å². The van der Waals surface area contributed by atoms with Gasteiger partial charge in [-0.05, 0) is 35.2 Å². The highest BCUT2D eigenvalue weighted by molar-refractivity contribution is 5.83. The Morgan fingerprint density at radius 2 is 2.14 bits per heavy atom. The molecule has 0 radical (unpaired) electrons. The van der Waals surface area contributed by atoms with Crippen molar-refractivity contribution in [1.82, 2.24) is 15.3 Å². The van der Waals surface area contributed by atoms with Crippen LogP contribution in [0.1, 0.15) is 11.3 Å². The zero-order valence-electron chi connectivity index (χ0n) is 11.7. The SMILES string of the molecule is O=C(Cc1ccc2cc[nH]c2c1)NCCc1ccccn1. The minimum Gasteiger partial charge on any atom is -0.361 e. The van der Waals surface area contributed by atoms with Crippen LogP contribution in [0.3, 0.4) is 0 Å². The third-order valence-electron chi connectivity index (χ3n) is 3.41. The largest absolute Gasteiger partial charge is 0.361 e. The molecule has 0 aliphatic heterocycles. The molecule has 21 heavy (non-hydrogen) atoms. The van der Waals surface area contributed by atoms with Crippen LogP contribution in [0.25, 0.3) is 10.9 Å². The van der Waals surface area contributed by atoms with Crippen molar-refractivity contribution in [3.05, 3.63) is 66.1 Å². The fourth-order valence-corrected chi connectivity index (χ4v) is 2.33. The number of nitrogens with one attached hydrogen (secondary N) is 2. The van der Waals surface area contributed by atoms with Crippen LogP contribution in [-0.4, -0.2) is 22.4 Å². The Kier molecular flexibility index (Phi) is 3.96. The Labute approximate surface area is 123 Å². The van der Waals surface area contributed by atoms with Crippen LogP contribution < -0.4 is 5.32 Å². The predicted molar refractivity (Wildman–Crippen MR) is 83.0 cm³/mol. The van der Waals surface area contributed by atoms with E-state index < -0.39 is 0 Å². The molecule has 106 valence electrons. The Balaban J connectivity index is 1.51. The number of rotatable bonds is 5. The second kappa shape index (κ2) is 6.22. The molecular formula is C17H17N3O. The normalized spacial score (nSPS) is 10.7. The Hall–Kier alpha value is -2.62. The van der Waals surface area contributed by atoms with Crippen molar-refractivity contribution < 1.29 is 4.79 Å². The van der Waals surface area contributed by atoms with Gasteiger partial charge in [0.2, 0.25) is 5.91 Å². The number of hydrogen-bond acceptors (Lipinski definition) is 2. The molecule has 0 aliphatic rings. The van der Waals surface area contributed by atoms with E-state index >= 15 is 0 Å². The van der Waals surface area contributed by atoms with Crippen molar-refractivity contribution in [2.45, 2.75) is 12.8 Å². The predicted octanol–water partition coefficient (Wildman–Crippen LogP) is 2.46. The first-order chi connectivity index (χ1) is 10.3. The second-order valence-electron chi connectivity index (χ2n) is 5.00. The van der Waals surface area contributed by atoms with Crippen LogP contribution in [0.4, 0.5) is 0 Å². The molecule has 0 spiro atoms. The summed E-state index contributed by atoms with van der Waals surface area (Å²) in [6.07, 6.45) is 4.82. The lowest BCUT2D eigenvalue weighted by molar-refractivity contribution is -0.120. The summed E-state index contributed by atoms with van der Waals surface area (Å²) in [5, 5.41) is 4.09. The number of nitrogens with zero attached hydrogens (tertiary/aromatic N) is 1. The Bertz CT molecular complexity index is 734. The minimum absolute atomic E-state index is 0.0387. The number of carbonyl (C=O) groups is 1. The highest BCUT2D eigenvalue weighted by Crippen LogP contribution is 2.14. The summed E-state index contributed by atoms with van der Waals surface area (Å²) < 4.78 is 0. The van der Waals surface area contributed by atoms with Crippen LogP contribution >= 0.6 is 0 Å². The van der Waals surface area contributed by atoms with E-state index in [1.54, 1.807) is 6.20 Å². The first kappa shape index (κ1) is 13.4. The Morgan fingerprint density at radius 1 is 1.19 bits per heavy atom. The zero-order valence-corrected chi connectivity index (χ0v) is 11.7. The monoisotopic (exact) mass is 279 g/mol. The molecule has 0 unspecified atom stereocenters. The van der Waals surface area contributed by atoms with Crippen molar-refractivity contribution in [2.24, 2.45) is 0 Å². The smallest absolute Gasteiger partial charge is 0.224 e. The van der Waals surface area contributed by atoms with E-state index in [9.17, 15) is 4.79 Å². The second-order valence-corrected chi connectivity index (χ2v) is 5.00. The molecular weight excluding hydrogens is 262 g/mol. The van der Waals surface area contributed by atoms with Gasteiger partial charge in [0.05, 0.1) is 6.42 Å². The molecule has 0 saturated carbocycles. The van der Waals surface area contributed by atoms with Gasteiger partial charge in [-0.3, -0.25) is 9.78 Å². The van der Waals surface area contributed by atoms with E-state index in [0.717, 1.165) is 28.6 Å². The van der Waals surface area contributed by atoms with E-state index in [0.29, 0.717) is 13.0 Å². The van der Waals surface area contributed by atoms with Gasteiger partial charge in [-0.1, -0.05) is 18.2 Å². The molecule has 3 rings (SSSR count). The van der Waals surface area contributed by atoms with Crippen LogP contribution in [0.2, 0.25) is 0 Å². The molecule has 4 nitrogen and oxygen atoms in total. The van der Waals surface area contributed by atoms with Crippen molar-refractivity contribution in [2.75, 3.05) is 6.54 Å². The summed E-state index contributed by atoms with van der Waals surface area (Å²) in [5.41, 5.74) is 3.07. The highest BCUT2D eigenvalue weighted by Gasteiger charge is 2.04. The standard InChI is InChI=1S/C17H17N3O/c21-17(20-10-7-15-3-1-2-8-18-15)12-13-4-5-14-6-9-19-16(14)11-13/h1-6,8-9,11,19H,7,10,12H2,(H,20,21). The van der Waals surface area contributed by atoms with Crippen LogP contribution in [0, 0.1) is 0 Å². The molecule has 4 heteroatoms. The molecule has 1 aromatic carbocycles. The molecule has 2 aromatic heterocycles. The summed E-state index contributed by atoms with van der Waals surface area (Å²) in [5.74, 6) is 0.0387. The minimum atomic E-state index is 0.0387. The average Bonchev–Trinajstić information content (AvgIpc) is 2.96. The Morgan fingerprint density at radius 3 is 3.00 bits per heavy atom. The molecule has 2 N–H and O–H groups in total. The number of H-pyrrole nitrogens is 1. The zero-order chi connectivity index (χ0) is 14.5. The maximum Gasteiger partial charge on any atom is 0.224 e. The van der Waals surface area contributed by atoms with Crippen molar-refractivity contribution in [3.63, 3.8) is 0 Å². The summed E-state index contributed by atoms with van der Waals surface area (Å²) in [6.45, 7) is 0.612. The van der Waals surface area contributed by atoms with Crippen molar-refractivity contribution in [3.8, 4) is 0 Å². The summed E-state index contributed by atoms with van der Waals surface area (Å²) in [7, 11) is 0. The van der Waals surface area contributed by atoms with Crippen LogP contribution in [0.5, 0.6) is 0 Å². The van der Waals surface area contributed by atoms with E-state index in [2.05, 4.69) is 15.3 Å². The fraction of sp³-hybridized carbons (Fsp3) is 0.176. The maximum atomic E-state index is 11.9. The molecule has 0 atom stereocenters. The lowest BCUT2D eigenvalue weighted by Crippen LogP contribution is -2.27. The van der Waals surface area contributed by atoms with E-state index in [-0.39, 0.29) is 5.91 Å². The fourth-order valence-electron chi connectivity index (χ4n) is 2.33. The highest BCUT2D eigenvalue weighted by atomic mass is 16.1. The molecule has 1 amide bonds.